The summed E-state index contributed by atoms with van der Waals surface area (Å²) in [7, 11) is 0. The molecule has 0 saturated heterocycles. The minimum absolute atomic E-state index is 0.825. The van der Waals surface area contributed by atoms with Crippen LogP contribution in [0.3, 0.4) is 0 Å². The molecule has 3 rings (SSSR count). The molecule has 2 aromatic carbocycles. The summed E-state index contributed by atoms with van der Waals surface area (Å²) >= 11 is 0. The molecule has 0 spiro atoms. The van der Waals surface area contributed by atoms with Gasteiger partial charge in [0.25, 0.3) is 0 Å². The molecule has 0 aliphatic rings. The van der Waals surface area contributed by atoms with Gasteiger partial charge >= 0.3 is 0 Å². The molecule has 0 unspecified atom stereocenters. The predicted molar refractivity (Wildman–Crippen MR) is 80.4 cm³/mol. The Morgan fingerprint density at radius 2 is 1.55 bits per heavy atom. The number of aromatic nitrogens is 1. The quantitative estimate of drug-likeness (QED) is 0.676. The fourth-order valence-corrected chi connectivity index (χ4v) is 2.31. The SMILES string of the molecule is c1ccc(-c2ccc(CCCc3ncco3)cc2)cc1. The van der Waals surface area contributed by atoms with Crippen LogP contribution in [0, 0.1) is 0 Å². The van der Waals surface area contributed by atoms with E-state index >= 15 is 0 Å². The van der Waals surface area contributed by atoms with Gasteiger partial charge in [0.1, 0.15) is 6.26 Å². The lowest BCUT2D eigenvalue weighted by Crippen LogP contribution is -1.90. The molecule has 2 nitrogen and oxygen atoms in total. The molecule has 1 aromatic heterocycles. The molecular weight excluding hydrogens is 246 g/mol. The van der Waals surface area contributed by atoms with Gasteiger partial charge in [-0.1, -0.05) is 54.6 Å². The Hall–Kier alpha value is -2.35. The van der Waals surface area contributed by atoms with Crippen LogP contribution in [-0.4, -0.2) is 4.98 Å². The van der Waals surface area contributed by atoms with Gasteiger partial charge in [0.05, 0.1) is 6.20 Å². The van der Waals surface area contributed by atoms with Crippen molar-refractivity contribution in [2.24, 2.45) is 0 Å². The zero-order valence-electron chi connectivity index (χ0n) is 11.3. The maximum Gasteiger partial charge on any atom is 0.193 e. The highest BCUT2D eigenvalue weighted by molar-refractivity contribution is 5.63. The highest BCUT2D eigenvalue weighted by Gasteiger charge is 2.00. The lowest BCUT2D eigenvalue weighted by molar-refractivity contribution is 0.487. The van der Waals surface area contributed by atoms with E-state index in [2.05, 4.69) is 53.5 Å². The number of hydrogen-bond acceptors (Lipinski definition) is 2. The molecule has 0 radical (unpaired) electrons. The Labute approximate surface area is 119 Å². The van der Waals surface area contributed by atoms with Gasteiger partial charge < -0.3 is 4.42 Å². The van der Waals surface area contributed by atoms with Gasteiger partial charge in [0.2, 0.25) is 0 Å². The Morgan fingerprint density at radius 3 is 2.25 bits per heavy atom. The molecule has 0 fully saturated rings. The van der Waals surface area contributed by atoms with Crippen molar-refractivity contribution in [2.45, 2.75) is 19.3 Å². The Bertz CT molecular complexity index is 627. The Kier molecular flexibility index (Phi) is 3.93. The molecule has 0 N–H and O–H groups in total. The van der Waals surface area contributed by atoms with Crippen LogP contribution in [0.4, 0.5) is 0 Å². The molecule has 0 saturated carbocycles. The van der Waals surface area contributed by atoms with Crippen LogP contribution in [0.1, 0.15) is 17.9 Å². The first kappa shape index (κ1) is 12.7. The predicted octanol–water partition coefficient (Wildman–Crippen LogP) is 4.52. The molecule has 1 heterocycles. The van der Waals surface area contributed by atoms with Gasteiger partial charge in [-0.05, 0) is 29.5 Å². The lowest BCUT2D eigenvalue weighted by Gasteiger charge is -2.04. The van der Waals surface area contributed by atoms with Crippen LogP contribution in [0.5, 0.6) is 0 Å². The maximum atomic E-state index is 5.24. The highest BCUT2D eigenvalue weighted by atomic mass is 16.3. The fraction of sp³-hybridized carbons (Fsp3) is 0.167. The number of aryl methyl sites for hydroxylation is 2. The zero-order chi connectivity index (χ0) is 13.6. The molecule has 0 aliphatic heterocycles. The summed E-state index contributed by atoms with van der Waals surface area (Å²) in [6, 6.07) is 19.2. The van der Waals surface area contributed by atoms with E-state index in [-0.39, 0.29) is 0 Å². The van der Waals surface area contributed by atoms with Gasteiger partial charge in [-0.15, -0.1) is 0 Å². The molecule has 20 heavy (non-hydrogen) atoms. The minimum atomic E-state index is 0.825. The number of oxazole rings is 1. The molecule has 0 amide bonds. The minimum Gasteiger partial charge on any atom is -0.449 e. The summed E-state index contributed by atoms with van der Waals surface area (Å²) in [5, 5.41) is 0. The molecule has 3 aromatic rings. The van der Waals surface area contributed by atoms with Crippen molar-refractivity contribution in [1.82, 2.24) is 4.98 Å². The first-order chi connectivity index (χ1) is 9.92. The highest BCUT2D eigenvalue weighted by Crippen LogP contribution is 2.19. The van der Waals surface area contributed by atoms with E-state index in [9.17, 15) is 0 Å². The summed E-state index contributed by atoms with van der Waals surface area (Å²) < 4.78 is 5.24. The molecule has 0 atom stereocenters. The second-order valence-electron chi connectivity index (χ2n) is 4.84. The van der Waals surface area contributed by atoms with E-state index in [0.717, 1.165) is 25.2 Å². The summed E-state index contributed by atoms with van der Waals surface area (Å²) in [6.07, 6.45) is 6.34. The van der Waals surface area contributed by atoms with Crippen LogP contribution >= 0.6 is 0 Å². The number of nitrogens with zero attached hydrogens (tertiary/aromatic N) is 1. The zero-order valence-corrected chi connectivity index (χ0v) is 11.3. The third-order valence-corrected chi connectivity index (χ3v) is 3.40. The monoisotopic (exact) mass is 263 g/mol. The van der Waals surface area contributed by atoms with Crippen molar-refractivity contribution in [1.29, 1.82) is 0 Å². The van der Waals surface area contributed by atoms with E-state index in [0.29, 0.717) is 0 Å². The lowest BCUT2D eigenvalue weighted by atomic mass is 10.0. The van der Waals surface area contributed by atoms with Crippen LogP contribution in [0.15, 0.2) is 71.5 Å². The van der Waals surface area contributed by atoms with Crippen molar-refractivity contribution >= 4 is 0 Å². The van der Waals surface area contributed by atoms with Crippen LogP contribution < -0.4 is 0 Å². The normalized spacial score (nSPS) is 10.6. The topological polar surface area (TPSA) is 26.0 Å². The molecule has 100 valence electrons. The second-order valence-corrected chi connectivity index (χ2v) is 4.84. The largest absolute Gasteiger partial charge is 0.449 e. The fourth-order valence-electron chi connectivity index (χ4n) is 2.31. The average Bonchev–Trinajstić information content (AvgIpc) is 3.02. The van der Waals surface area contributed by atoms with Crippen molar-refractivity contribution in [2.75, 3.05) is 0 Å². The van der Waals surface area contributed by atoms with Crippen molar-refractivity contribution in [3.63, 3.8) is 0 Å². The smallest absolute Gasteiger partial charge is 0.193 e. The molecule has 2 heteroatoms. The molecular formula is C18H17NO. The Morgan fingerprint density at radius 1 is 0.800 bits per heavy atom. The van der Waals surface area contributed by atoms with E-state index in [4.69, 9.17) is 4.42 Å². The number of rotatable bonds is 5. The summed E-state index contributed by atoms with van der Waals surface area (Å²) in [5.41, 5.74) is 3.89. The van der Waals surface area contributed by atoms with Gasteiger partial charge in [0.15, 0.2) is 5.89 Å². The van der Waals surface area contributed by atoms with E-state index < -0.39 is 0 Å². The standard InChI is InChI=1S/C18H17NO/c1-2-6-16(7-3-1)17-11-9-15(10-12-17)5-4-8-18-19-13-14-20-18/h1-3,6-7,9-14H,4-5,8H2. The van der Waals surface area contributed by atoms with Crippen LogP contribution in [-0.2, 0) is 12.8 Å². The van der Waals surface area contributed by atoms with Gasteiger partial charge in [0, 0.05) is 6.42 Å². The van der Waals surface area contributed by atoms with Gasteiger partial charge in [-0.3, -0.25) is 0 Å². The molecule has 0 bridgehead atoms. The summed E-state index contributed by atoms with van der Waals surface area (Å²) in [6.45, 7) is 0. The van der Waals surface area contributed by atoms with Crippen molar-refractivity contribution < 1.29 is 4.42 Å². The Balaban J connectivity index is 1.59. The van der Waals surface area contributed by atoms with Crippen LogP contribution in [0.25, 0.3) is 11.1 Å². The number of benzene rings is 2. The number of hydrogen-bond donors (Lipinski definition) is 0. The second kappa shape index (κ2) is 6.20. The van der Waals surface area contributed by atoms with Crippen molar-refractivity contribution in [3.05, 3.63) is 78.5 Å². The summed E-state index contributed by atoms with van der Waals surface area (Å²) in [4.78, 5) is 4.13. The van der Waals surface area contributed by atoms with E-state index in [1.54, 1.807) is 12.5 Å². The average molecular weight is 263 g/mol. The maximum absolute atomic E-state index is 5.24. The van der Waals surface area contributed by atoms with Crippen molar-refractivity contribution in [3.8, 4) is 11.1 Å². The third-order valence-electron chi connectivity index (χ3n) is 3.40. The molecule has 0 aliphatic carbocycles. The van der Waals surface area contributed by atoms with E-state index in [1.807, 2.05) is 6.07 Å². The third kappa shape index (κ3) is 3.15. The first-order valence-electron chi connectivity index (χ1n) is 6.94. The van der Waals surface area contributed by atoms with Crippen LogP contribution in [0.2, 0.25) is 0 Å². The summed E-state index contributed by atoms with van der Waals surface area (Å²) in [5.74, 6) is 0.825. The first-order valence-corrected chi connectivity index (χ1v) is 6.94. The van der Waals surface area contributed by atoms with E-state index in [1.165, 1.54) is 16.7 Å². The van der Waals surface area contributed by atoms with Gasteiger partial charge in [-0.2, -0.15) is 0 Å². The van der Waals surface area contributed by atoms with Gasteiger partial charge in [-0.25, -0.2) is 4.98 Å².